The molecule has 0 N–H and O–H groups in total. The Labute approximate surface area is 306 Å². The number of carbonyl (C=O) groups is 1. The molecule has 5 atom stereocenters. The van der Waals surface area contributed by atoms with Crippen LogP contribution in [-0.4, -0.2) is 41.9 Å². The van der Waals surface area contributed by atoms with Gasteiger partial charge in [0.05, 0.1) is 7.11 Å². The summed E-state index contributed by atoms with van der Waals surface area (Å²) in [6, 6.07) is 11.0. The van der Waals surface area contributed by atoms with Gasteiger partial charge in [-0.1, -0.05) is 132 Å². The number of hydrogen-bond acceptors (Lipinski definition) is 4. The van der Waals surface area contributed by atoms with Crippen LogP contribution in [0.4, 0.5) is 0 Å². The fraction of sp³-hybridized carbons (Fsp3) is 0.791. The zero-order valence-corrected chi connectivity index (χ0v) is 36.4. The van der Waals surface area contributed by atoms with Crippen molar-refractivity contribution in [3.63, 3.8) is 0 Å². The number of rotatable bonds is 22. The van der Waals surface area contributed by atoms with Gasteiger partial charge in [-0.25, -0.2) is 0 Å². The van der Waals surface area contributed by atoms with Crippen molar-refractivity contribution in [3.8, 4) is 0 Å². The zero-order chi connectivity index (χ0) is 36.9. The maximum atomic E-state index is 11.7. The Kier molecular flexibility index (Phi) is 18.6. The molecule has 6 heteroatoms. The first kappa shape index (κ1) is 43.9. The molecule has 1 aromatic carbocycles. The van der Waals surface area contributed by atoms with E-state index in [1.54, 1.807) is 0 Å². The van der Waals surface area contributed by atoms with Crippen LogP contribution in [0.25, 0.3) is 0 Å². The highest BCUT2D eigenvalue weighted by Crippen LogP contribution is 2.51. The van der Waals surface area contributed by atoms with Crippen LogP contribution in [0.2, 0.25) is 33.2 Å². The molecule has 0 saturated heterocycles. The lowest BCUT2D eigenvalue weighted by Gasteiger charge is -2.45. The summed E-state index contributed by atoms with van der Waals surface area (Å²) in [4.78, 5) is 11.7. The number of allylic oxidation sites excluding steroid dienone is 2. The average Bonchev–Trinajstić information content (AvgIpc) is 3.33. The lowest BCUT2D eigenvalue weighted by atomic mass is 9.83. The number of unbranched alkanes of at least 4 members (excludes halogenated alkanes) is 1. The Bertz CT molecular complexity index is 1050. The molecule has 1 saturated carbocycles. The molecule has 0 amide bonds. The van der Waals surface area contributed by atoms with Gasteiger partial charge >= 0.3 is 5.97 Å². The van der Waals surface area contributed by atoms with Gasteiger partial charge in [-0.05, 0) is 108 Å². The van der Waals surface area contributed by atoms with Gasteiger partial charge in [0, 0.05) is 18.6 Å². The minimum atomic E-state index is -2.03. The van der Waals surface area contributed by atoms with Gasteiger partial charge in [-0.3, -0.25) is 4.79 Å². The van der Waals surface area contributed by atoms with Crippen LogP contribution in [0.15, 0.2) is 42.5 Å². The third-order valence-corrected chi connectivity index (χ3v) is 24.8. The van der Waals surface area contributed by atoms with Gasteiger partial charge in [0.2, 0.25) is 16.6 Å². The van der Waals surface area contributed by atoms with Crippen LogP contribution in [0.3, 0.4) is 0 Å². The summed E-state index contributed by atoms with van der Waals surface area (Å²) >= 11 is 0. The Morgan fingerprint density at radius 2 is 1.33 bits per heavy atom. The molecule has 0 unspecified atom stereocenters. The highest BCUT2D eigenvalue weighted by atomic mass is 28.4. The van der Waals surface area contributed by atoms with Crippen molar-refractivity contribution >= 4 is 22.6 Å². The number of carbonyl (C=O) groups excluding carboxylic acids is 1. The van der Waals surface area contributed by atoms with Crippen molar-refractivity contribution in [1.82, 2.24) is 0 Å². The Morgan fingerprint density at radius 1 is 0.776 bits per heavy atom. The summed E-state index contributed by atoms with van der Waals surface area (Å²) in [7, 11) is -2.59. The Hall–Kier alpha value is -1.22. The van der Waals surface area contributed by atoms with E-state index in [0.29, 0.717) is 63.5 Å². The predicted molar refractivity (Wildman–Crippen MR) is 216 cm³/mol. The minimum Gasteiger partial charge on any atom is -0.469 e. The van der Waals surface area contributed by atoms with Crippen molar-refractivity contribution in [2.24, 2.45) is 17.8 Å². The molecular weight excluding hydrogens is 637 g/mol. The lowest BCUT2D eigenvalue weighted by molar-refractivity contribution is -0.140. The van der Waals surface area contributed by atoms with E-state index in [4.69, 9.17) is 13.6 Å². The number of esters is 1. The van der Waals surface area contributed by atoms with Crippen molar-refractivity contribution in [2.75, 3.05) is 7.11 Å². The summed E-state index contributed by atoms with van der Waals surface area (Å²) in [5.41, 5.74) is 4.88. The molecule has 0 bridgehead atoms. The molecule has 1 aromatic rings. The van der Waals surface area contributed by atoms with E-state index in [1.807, 2.05) is 0 Å². The first-order chi connectivity index (χ1) is 23.0. The van der Waals surface area contributed by atoms with Crippen LogP contribution < -0.4 is 0 Å². The smallest absolute Gasteiger partial charge is 0.305 e. The molecule has 1 aliphatic rings. The van der Waals surface area contributed by atoms with E-state index in [2.05, 4.69) is 132 Å². The average molecular weight is 715 g/mol. The highest BCUT2D eigenvalue weighted by Gasteiger charge is 2.51. The van der Waals surface area contributed by atoms with E-state index in [-0.39, 0.29) is 12.1 Å². The van der Waals surface area contributed by atoms with Crippen LogP contribution in [0, 0.1) is 17.8 Å². The van der Waals surface area contributed by atoms with Gasteiger partial charge in [-0.15, -0.1) is 0 Å². The fourth-order valence-corrected chi connectivity index (χ4v) is 21.4. The summed E-state index contributed by atoms with van der Waals surface area (Å²) in [5, 5.41) is 0. The maximum Gasteiger partial charge on any atom is 0.305 e. The maximum absolute atomic E-state index is 11.7. The van der Waals surface area contributed by atoms with Gasteiger partial charge in [0.25, 0.3) is 0 Å². The monoisotopic (exact) mass is 715 g/mol. The summed E-state index contributed by atoms with van der Waals surface area (Å²) in [6.45, 7) is 31.5. The second kappa shape index (κ2) is 20.7. The third-order valence-electron chi connectivity index (χ3n) is 12.5. The van der Waals surface area contributed by atoms with Crippen molar-refractivity contribution in [3.05, 3.63) is 48.0 Å². The SMILES string of the molecule is COC(=O)CCC/C=C\C[C@@H]1[C@@H](CC[C@H](CCc2ccccc2)O[Si](C(C)C)(C(C)C)C(C)C)[C@H](C)C[C@@H]1O[Si](C(C)C)(C(C)C)C(C)C. The quantitative estimate of drug-likeness (QED) is 0.0519. The second-order valence-corrected chi connectivity index (χ2v) is 28.2. The van der Waals surface area contributed by atoms with E-state index >= 15 is 0 Å². The van der Waals surface area contributed by atoms with Crippen LogP contribution >= 0.6 is 0 Å². The van der Waals surface area contributed by atoms with E-state index in [1.165, 1.54) is 19.1 Å². The molecule has 4 nitrogen and oxygen atoms in total. The number of benzene rings is 1. The molecule has 282 valence electrons. The zero-order valence-electron chi connectivity index (χ0n) is 34.4. The van der Waals surface area contributed by atoms with Crippen LogP contribution in [0.1, 0.15) is 147 Å². The third kappa shape index (κ3) is 11.6. The topological polar surface area (TPSA) is 44.8 Å². The second-order valence-electron chi connectivity index (χ2n) is 17.3. The van der Waals surface area contributed by atoms with Gasteiger partial charge in [-0.2, -0.15) is 0 Å². The number of aryl methyl sites for hydroxylation is 1. The first-order valence-electron chi connectivity index (χ1n) is 20.2. The highest BCUT2D eigenvalue weighted by molar-refractivity contribution is 6.78. The molecule has 0 aromatic heterocycles. The molecule has 0 aliphatic heterocycles. The van der Waals surface area contributed by atoms with Gasteiger partial charge < -0.3 is 13.6 Å². The van der Waals surface area contributed by atoms with Crippen molar-refractivity contribution in [1.29, 1.82) is 0 Å². The van der Waals surface area contributed by atoms with Gasteiger partial charge in [0.1, 0.15) is 0 Å². The molecule has 2 rings (SSSR count). The van der Waals surface area contributed by atoms with Crippen molar-refractivity contribution < 1.29 is 18.4 Å². The molecule has 49 heavy (non-hydrogen) atoms. The molecule has 0 radical (unpaired) electrons. The van der Waals surface area contributed by atoms with E-state index in [9.17, 15) is 4.79 Å². The number of methoxy groups -OCH3 is 1. The standard InChI is InChI=1S/C43H78O4Si2/c1-31(2)48(32(3)4,33(5)6)46-39(27-26-38-22-18-17-19-23-38)28-29-40-37(13)30-42(47-49(34(7)8,35(9)10)36(11)12)41(40)24-20-15-16-21-25-43(44)45-14/h15,17-20,22-23,31-37,39-42H,16,21,24-30H2,1-14H3/b20-15-/t37-,39+,40+,41-,42+/m1/s1. The molecule has 1 fully saturated rings. The Balaban J connectivity index is 2.40. The normalized spacial score (nSPS) is 21.4. The van der Waals surface area contributed by atoms with E-state index < -0.39 is 16.6 Å². The predicted octanol–water partition coefficient (Wildman–Crippen LogP) is 13.1. The molecular formula is C43H78O4Si2. The Morgan fingerprint density at radius 3 is 1.84 bits per heavy atom. The number of ether oxygens (including phenoxy) is 1. The van der Waals surface area contributed by atoms with Crippen LogP contribution in [0.5, 0.6) is 0 Å². The number of hydrogen-bond donors (Lipinski definition) is 0. The summed E-state index contributed by atoms with van der Waals surface area (Å²) in [5.74, 6) is 1.62. The molecule has 0 spiro atoms. The first-order valence-corrected chi connectivity index (χ1v) is 24.4. The minimum absolute atomic E-state index is 0.118. The lowest BCUT2D eigenvalue weighted by Crippen LogP contribution is -2.51. The molecule has 0 heterocycles. The molecule has 1 aliphatic carbocycles. The summed E-state index contributed by atoms with van der Waals surface area (Å²) in [6.07, 6.45) is 14.2. The largest absolute Gasteiger partial charge is 0.469 e. The van der Waals surface area contributed by atoms with Gasteiger partial charge in [0.15, 0.2) is 0 Å². The summed E-state index contributed by atoms with van der Waals surface area (Å²) < 4.78 is 20.1. The van der Waals surface area contributed by atoms with E-state index in [0.717, 1.165) is 44.9 Å². The van der Waals surface area contributed by atoms with Crippen molar-refractivity contribution in [2.45, 2.75) is 193 Å². The van der Waals surface area contributed by atoms with Crippen LogP contribution in [-0.2, 0) is 24.8 Å². The fourth-order valence-electron chi connectivity index (χ4n) is 10.2.